The van der Waals surface area contributed by atoms with E-state index in [0.29, 0.717) is 5.02 Å². The third kappa shape index (κ3) is 3.16. The van der Waals surface area contributed by atoms with E-state index in [1.807, 2.05) is 0 Å². The number of nitrogens with zero attached hydrogens (tertiary/aromatic N) is 1. The largest absolute Gasteiger partial charge is 0.310 e. The fourth-order valence-corrected chi connectivity index (χ4v) is 3.82. The number of halogens is 2. The van der Waals surface area contributed by atoms with Crippen molar-refractivity contribution in [2.24, 2.45) is 0 Å². The van der Waals surface area contributed by atoms with Gasteiger partial charge in [0.1, 0.15) is 5.82 Å². The molecule has 2 nitrogen and oxygen atoms in total. The molecule has 1 N–H and O–H groups in total. The summed E-state index contributed by atoms with van der Waals surface area (Å²) in [5.41, 5.74) is 1.19. The Morgan fingerprint density at radius 1 is 1.25 bits per heavy atom. The van der Waals surface area contributed by atoms with Gasteiger partial charge in [0.05, 0.1) is 0 Å². The molecule has 20 heavy (non-hydrogen) atoms. The van der Waals surface area contributed by atoms with Gasteiger partial charge in [0.25, 0.3) is 0 Å². The first-order valence-corrected chi connectivity index (χ1v) is 7.96. The Hall–Kier alpha value is -0.640. The van der Waals surface area contributed by atoms with Crippen molar-refractivity contribution in [1.29, 1.82) is 0 Å². The van der Waals surface area contributed by atoms with E-state index in [-0.39, 0.29) is 11.4 Å². The van der Waals surface area contributed by atoms with Gasteiger partial charge in [-0.25, -0.2) is 4.39 Å². The van der Waals surface area contributed by atoms with Crippen LogP contribution in [0.2, 0.25) is 5.02 Å². The van der Waals surface area contributed by atoms with Crippen molar-refractivity contribution < 1.29 is 4.39 Å². The van der Waals surface area contributed by atoms with Gasteiger partial charge in [-0.1, -0.05) is 24.4 Å². The van der Waals surface area contributed by atoms with Crippen LogP contribution in [0.15, 0.2) is 18.2 Å². The van der Waals surface area contributed by atoms with Crippen LogP contribution in [0.3, 0.4) is 0 Å². The average Bonchev–Trinajstić information content (AvgIpc) is 2.77. The molecule has 0 atom stereocenters. The van der Waals surface area contributed by atoms with Crippen LogP contribution in [-0.2, 0) is 6.54 Å². The lowest BCUT2D eigenvalue weighted by atomic mass is 9.97. The van der Waals surface area contributed by atoms with Crippen molar-refractivity contribution in [3.8, 4) is 0 Å². The molecule has 0 amide bonds. The Bertz CT molecular complexity index is 472. The lowest BCUT2D eigenvalue weighted by Gasteiger charge is -2.33. The van der Waals surface area contributed by atoms with E-state index in [1.165, 1.54) is 31.7 Å². The molecule has 1 aliphatic carbocycles. The maximum absolute atomic E-state index is 13.4. The first kappa shape index (κ1) is 14.3. The standard InChI is InChI=1S/C16H22ClFN2/c17-15-5-4-14(18)10-13(15)11-20-9-3-8-19-16(12-20)6-1-2-7-16/h4-5,10,19H,1-3,6-9,11-12H2. The molecule has 1 saturated carbocycles. The zero-order valence-electron chi connectivity index (χ0n) is 11.8. The molecule has 0 unspecified atom stereocenters. The number of benzene rings is 1. The van der Waals surface area contributed by atoms with Crippen LogP contribution in [0, 0.1) is 5.82 Å². The van der Waals surface area contributed by atoms with Crippen LogP contribution in [0.5, 0.6) is 0 Å². The fraction of sp³-hybridized carbons (Fsp3) is 0.625. The average molecular weight is 297 g/mol. The predicted molar refractivity (Wildman–Crippen MR) is 80.5 cm³/mol. The number of hydrogen-bond donors (Lipinski definition) is 1. The van der Waals surface area contributed by atoms with Gasteiger partial charge in [0.15, 0.2) is 0 Å². The summed E-state index contributed by atoms with van der Waals surface area (Å²) >= 11 is 6.20. The van der Waals surface area contributed by atoms with Crippen LogP contribution >= 0.6 is 11.6 Å². The smallest absolute Gasteiger partial charge is 0.123 e. The number of nitrogens with one attached hydrogen (secondary N) is 1. The summed E-state index contributed by atoms with van der Waals surface area (Å²) in [4.78, 5) is 2.44. The third-order valence-corrected chi connectivity index (χ3v) is 5.01. The highest BCUT2D eigenvalue weighted by molar-refractivity contribution is 6.31. The maximum atomic E-state index is 13.4. The fourth-order valence-electron chi connectivity index (χ4n) is 3.65. The number of rotatable bonds is 2. The Morgan fingerprint density at radius 3 is 2.85 bits per heavy atom. The Balaban J connectivity index is 1.73. The quantitative estimate of drug-likeness (QED) is 0.897. The molecule has 1 saturated heterocycles. The molecule has 1 heterocycles. The molecule has 3 rings (SSSR count). The molecule has 1 aromatic rings. The van der Waals surface area contributed by atoms with Crippen LogP contribution in [0.4, 0.5) is 4.39 Å². The molecular formula is C16H22ClFN2. The zero-order chi connectivity index (χ0) is 14.0. The minimum Gasteiger partial charge on any atom is -0.310 e. The van der Waals surface area contributed by atoms with Crippen LogP contribution in [0.1, 0.15) is 37.7 Å². The lowest BCUT2D eigenvalue weighted by Crippen LogP contribution is -2.49. The SMILES string of the molecule is Fc1ccc(Cl)c(CN2CCCNC3(CCCC3)C2)c1. The van der Waals surface area contributed by atoms with Gasteiger partial charge < -0.3 is 5.32 Å². The summed E-state index contributed by atoms with van der Waals surface area (Å²) in [7, 11) is 0. The van der Waals surface area contributed by atoms with Crippen molar-refractivity contribution >= 4 is 11.6 Å². The normalized spacial score (nSPS) is 23.1. The highest BCUT2D eigenvalue weighted by Crippen LogP contribution is 2.32. The first-order chi connectivity index (χ1) is 9.67. The van der Waals surface area contributed by atoms with Gasteiger partial charge in [-0.2, -0.15) is 0 Å². The van der Waals surface area contributed by atoms with Crippen molar-refractivity contribution in [2.45, 2.75) is 44.2 Å². The topological polar surface area (TPSA) is 15.3 Å². The highest BCUT2D eigenvalue weighted by atomic mass is 35.5. The molecule has 2 aliphatic rings. The van der Waals surface area contributed by atoms with Crippen LogP contribution in [0.25, 0.3) is 0 Å². The third-order valence-electron chi connectivity index (χ3n) is 4.64. The monoisotopic (exact) mass is 296 g/mol. The second-order valence-corrected chi connectivity index (χ2v) is 6.62. The van der Waals surface area contributed by atoms with Crippen molar-refractivity contribution in [3.05, 3.63) is 34.6 Å². The minimum absolute atomic E-state index is 0.201. The molecule has 0 radical (unpaired) electrons. The zero-order valence-corrected chi connectivity index (χ0v) is 12.6. The van der Waals surface area contributed by atoms with E-state index in [0.717, 1.165) is 38.2 Å². The van der Waals surface area contributed by atoms with Gasteiger partial charge >= 0.3 is 0 Å². The molecular weight excluding hydrogens is 275 g/mol. The lowest BCUT2D eigenvalue weighted by molar-refractivity contribution is 0.203. The molecule has 0 aromatic heterocycles. The van der Waals surface area contributed by atoms with Gasteiger partial charge in [-0.05, 0) is 56.1 Å². The van der Waals surface area contributed by atoms with E-state index >= 15 is 0 Å². The number of hydrogen-bond acceptors (Lipinski definition) is 2. The molecule has 110 valence electrons. The van der Waals surface area contributed by atoms with E-state index in [4.69, 9.17) is 11.6 Å². The van der Waals surface area contributed by atoms with E-state index in [9.17, 15) is 4.39 Å². The Labute approximate surface area is 125 Å². The second kappa shape index (κ2) is 6.00. The van der Waals surface area contributed by atoms with Crippen molar-refractivity contribution in [2.75, 3.05) is 19.6 Å². The molecule has 1 spiro atoms. The minimum atomic E-state index is -0.201. The summed E-state index contributed by atoms with van der Waals surface area (Å²) in [6.45, 7) is 3.95. The molecule has 1 aromatic carbocycles. The molecule has 0 bridgehead atoms. The molecule has 1 aliphatic heterocycles. The van der Waals surface area contributed by atoms with Crippen LogP contribution in [-0.4, -0.2) is 30.1 Å². The molecule has 2 fully saturated rings. The van der Waals surface area contributed by atoms with Crippen molar-refractivity contribution in [3.63, 3.8) is 0 Å². The first-order valence-electron chi connectivity index (χ1n) is 7.58. The van der Waals surface area contributed by atoms with E-state index in [2.05, 4.69) is 10.2 Å². The van der Waals surface area contributed by atoms with Gasteiger partial charge in [-0.15, -0.1) is 0 Å². The maximum Gasteiger partial charge on any atom is 0.123 e. The summed E-state index contributed by atoms with van der Waals surface area (Å²) < 4.78 is 13.4. The molecule has 4 heteroatoms. The predicted octanol–water partition coefficient (Wildman–Crippen LogP) is 3.59. The van der Waals surface area contributed by atoms with E-state index in [1.54, 1.807) is 12.1 Å². The van der Waals surface area contributed by atoms with Gasteiger partial charge in [0, 0.05) is 23.7 Å². The summed E-state index contributed by atoms with van der Waals surface area (Å²) in [5.74, 6) is -0.201. The Morgan fingerprint density at radius 2 is 2.05 bits per heavy atom. The summed E-state index contributed by atoms with van der Waals surface area (Å²) in [6.07, 6.45) is 6.32. The van der Waals surface area contributed by atoms with Crippen LogP contribution < -0.4 is 5.32 Å². The van der Waals surface area contributed by atoms with E-state index < -0.39 is 0 Å². The summed E-state index contributed by atoms with van der Waals surface area (Å²) in [5, 5.41) is 4.42. The Kier molecular flexibility index (Phi) is 4.29. The second-order valence-electron chi connectivity index (χ2n) is 6.21. The summed E-state index contributed by atoms with van der Waals surface area (Å²) in [6, 6.07) is 4.66. The highest BCUT2D eigenvalue weighted by Gasteiger charge is 2.36. The van der Waals surface area contributed by atoms with Crippen molar-refractivity contribution in [1.82, 2.24) is 10.2 Å². The van der Waals surface area contributed by atoms with Gasteiger partial charge in [-0.3, -0.25) is 4.90 Å². The van der Waals surface area contributed by atoms with Gasteiger partial charge in [0.2, 0.25) is 0 Å².